The Balaban J connectivity index is 1.25. The monoisotopic (exact) mass is 467 g/mol. The van der Waals surface area contributed by atoms with Crippen LogP contribution in [0.1, 0.15) is 85.0 Å². The fourth-order valence-electron chi connectivity index (χ4n) is 9.48. The summed E-state index contributed by atoms with van der Waals surface area (Å²) in [5.41, 5.74) is 1.43. The van der Waals surface area contributed by atoms with E-state index in [-0.39, 0.29) is 28.9 Å². The zero-order chi connectivity index (χ0) is 24.1. The van der Waals surface area contributed by atoms with Gasteiger partial charge in [-0.25, -0.2) is 0 Å². The van der Waals surface area contributed by atoms with Crippen LogP contribution in [-0.4, -0.2) is 28.3 Å². The molecule has 0 aromatic heterocycles. The molecule has 188 valence electrons. The molecule has 4 saturated carbocycles. The van der Waals surface area contributed by atoms with Crippen molar-refractivity contribution in [3.05, 3.63) is 30.3 Å². The zero-order valence-electron chi connectivity index (χ0n) is 21.4. The molecular formula is C30H45NO3. The van der Waals surface area contributed by atoms with Crippen LogP contribution in [0.15, 0.2) is 30.3 Å². The van der Waals surface area contributed by atoms with Gasteiger partial charge in [-0.3, -0.25) is 4.79 Å². The number of hydrogen-bond acceptors (Lipinski definition) is 3. The number of benzene rings is 1. The Morgan fingerprint density at radius 1 is 1.00 bits per heavy atom. The average Bonchev–Trinajstić information content (AvgIpc) is 3.16. The van der Waals surface area contributed by atoms with Crippen molar-refractivity contribution in [1.82, 2.24) is 0 Å². The Morgan fingerprint density at radius 3 is 2.47 bits per heavy atom. The van der Waals surface area contributed by atoms with E-state index in [1.54, 1.807) is 0 Å². The van der Waals surface area contributed by atoms with Crippen molar-refractivity contribution in [2.45, 2.75) is 97.2 Å². The predicted molar refractivity (Wildman–Crippen MR) is 136 cm³/mol. The third-order valence-electron chi connectivity index (χ3n) is 11.3. The van der Waals surface area contributed by atoms with Gasteiger partial charge in [-0.05, 0) is 116 Å². The quantitative estimate of drug-likeness (QED) is 0.495. The van der Waals surface area contributed by atoms with Crippen LogP contribution in [0.5, 0.6) is 0 Å². The number of hydrogen-bond donors (Lipinski definition) is 3. The molecule has 0 unspecified atom stereocenters. The van der Waals surface area contributed by atoms with Crippen LogP contribution in [0.25, 0.3) is 0 Å². The Morgan fingerprint density at radius 2 is 1.71 bits per heavy atom. The standard InChI is InChI=1S/C30H45NO3/c1-19(9-12-27(34)31-21-7-5-4-6-8-21)23-10-11-24-28-25(14-16-30(23,24)3)29(2)15-13-22(32)17-20(29)18-26(28)33/h4-8,19-20,22-26,28,32-33H,9-18H2,1-3H3,(H,31,34)/t19-,20+,22-,23-,24+,25+,26+,28+,29+,30-/m1/s1. The maximum atomic E-state index is 12.6. The van der Waals surface area contributed by atoms with E-state index in [2.05, 4.69) is 26.1 Å². The number of aliphatic hydroxyl groups excluding tert-OH is 2. The third kappa shape index (κ3) is 4.13. The molecule has 0 bridgehead atoms. The molecule has 1 amide bonds. The van der Waals surface area contributed by atoms with E-state index in [1.807, 2.05) is 30.3 Å². The number of amides is 1. The fraction of sp³-hybridized carbons (Fsp3) is 0.767. The van der Waals surface area contributed by atoms with Crippen molar-refractivity contribution in [2.75, 3.05) is 5.32 Å². The van der Waals surface area contributed by atoms with E-state index in [9.17, 15) is 15.0 Å². The summed E-state index contributed by atoms with van der Waals surface area (Å²) in [6, 6.07) is 9.74. The van der Waals surface area contributed by atoms with Crippen molar-refractivity contribution >= 4 is 11.6 Å². The van der Waals surface area contributed by atoms with E-state index < -0.39 is 0 Å². The first-order valence-corrected chi connectivity index (χ1v) is 13.9. The molecule has 3 N–H and O–H groups in total. The number of aliphatic hydroxyl groups is 2. The summed E-state index contributed by atoms with van der Waals surface area (Å²) < 4.78 is 0. The van der Waals surface area contributed by atoms with Crippen LogP contribution < -0.4 is 5.32 Å². The van der Waals surface area contributed by atoms with Gasteiger partial charge in [0.05, 0.1) is 12.2 Å². The lowest BCUT2D eigenvalue weighted by molar-refractivity contribution is -0.174. The third-order valence-corrected chi connectivity index (χ3v) is 11.3. The summed E-state index contributed by atoms with van der Waals surface area (Å²) in [6.45, 7) is 7.35. The molecule has 4 aliphatic carbocycles. The van der Waals surface area contributed by atoms with Crippen LogP contribution in [0.3, 0.4) is 0 Å². The van der Waals surface area contributed by atoms with Crippen molar-refractivity contribution in [3.8, 4) is 0 Å². The smallest absolute Gasteiger partial charge is 0.224 e. The van der Waals surface area contributed by atoms with Gasteiger partial charge >= 0.3 is 0 Å². The summed E-state index contributed by atoms with van der Waals surface area (Å²) in [7, 11) is 0. The van der Waals surface area contributed by atoms with Crippen molar-refractivity contribution in [2.24, 2.45) is 46.3 Å². The lowest BCUT2D eigenvalue weighted by atomic mass is 9.43. The number of nitrogens with one attached hydrogen (secondary N) is 1. The number of para-hydroxylation sites is 1. The molecule has 4 fully saturated rings. The van der Waals surface area contributed by atoms with Gasteiger partial charge in [-0.15, -0.1) is 0 Å². The van der Waals surface area contributed by atoms with E-state index in [0.717, 1.165) is 37.8 Å². The largest absolute Gasteiger partial charge is 0.393 e. The van der Waals surface area contributed by atoms with Crippen molar-refractivity contribution in [1.29, 1.82) is 0 Å². The zero-order valence-corrected chi connectivity index (χ0v) is 21.4. The molecule has 5 rings (SSSR count). The molecule has 0 heterocycles. The molecule has 0 saturated heterocycles. The Hall–Kier alpha value is -1.39. The van der Waals surface area contributed by atoms with Gasteiger partial charge in [-0.1, -0.05) is 39.0 Å². The van der Waals surface area contributed by atoms with Crippen LogP contribution in [0.4, 0.5) is 5.69 Å². The highest BCUT2D eigenvalue weighted by atomic mass is 16.3. The van der Waals surface area contributed by atoms with Gasteiger partial charge in [0, 0.05) is 12.1 Å². The molecule has 1 aromatic carbocycles. The minimum Gasteiger partial charge on any atom is -0.393 e. The minimum absolute atomic E-state index is 0.114. The number of rotatable bonds is 5. The molecular weight excluding hydrogens is 422 g/mol. The lowest BCUT2D eigenvalue weighted by Gasteiger charge is -2.62. The summed E-state index contributed by atoms with van der Waals surface area (Å²) in [5.74, 6) is 3.33. The van der Waals surface area contributed by atoms with Crippen LogP contribution >= 0.6 is 0 Å². The molecule has 0 radical (unpaired) electrons. The normalized spacial score (nSPS) is 44.4. The first kappa shape index (κ1) is 24.3. The van der Waals surface area contributed by atoms with Crippen molar-refractivity contribution in [3.63, 3.8) is 0 Å². The second-order valence-corrected chi connectivity index (χ2v) is 12.9. The Labute approximate surface area is 205 Å². The summed E-state index contributed by atoms with van der Waals surface area (Å²) in [5, 5.41) is 24.7. The number of carbonyl (C=O) groups excluding carboxylic acids is 1. The van der Waals surface area contributed by atoms with Gasteiger partial charge in [0.2, 0.25) is 5.91 Å². The fourth-order valence-corrected chi connectivity index (χ4v) is 9.48. The van der Waals surface area contributed by atoms with Crippen molar-refractivity contribution < 1.29 is 15.0 Å². The molecule has 0 aliphatic heterocycles. The highest BCUT2D eigenvalue weighted by Crippen LogP contribution is 2.68. The van der Waals surface area contributed by atoms with E-state index >= 15 is 0 Å². The highest BCUT2D eigenvalue weighted by Gasteiger charge is 2.62. The summed E-state index contributed by atoms with van der Waals surface area (Å²) in [4.78, 5) is 12.6. The SMILES string of the molecule is C[C@H](CCC(=O)Nc1ccccc1)[C@H]1CC[C@H]2[C@@H]3[C@@H](O)C[C@@H]4C[C@H](O)CC[C@]4(C)[C@H]3CC[C@]12C. The maximum Gasteiger partial charge on any atom is 0.224 e. The first-order valence-electron chi connectivity index (χ1n) is 13.9. The van der Waals surface area contributed by atoms with Crippen LogP contribution in [-0.2, 0) is 4.79 Å². The Kier molecular flexibility index (Phi) is 6.61. The van der Waals surface area contributed by atoms with E-state index in [4.69, 9.17) is 0 Å². The second-order valence-electron chi connectivity index (χ2n) is 12.9. The molecule has 4 aliphatic rings. The number of anilines is 1. The molecule has 34 heavy (non-hydrogen) atoms. The van der Waals surface area contributed by atoms with Crippen LogP contribution in [0, 0.1) is 46.3 Å². The number of fused-ring (bicyclic) bond motifs is 5. The maximum absolute atomic E-state index is 12.6. The van der Waals surface area contributed by atoms with Gasteiger partial charge in [0.1, 0.15) is 0 Å². The molecule has 0 spiro atoms. The molecule has 4 heteroatoms. The van der Waals surface area contributed by atoms with Gasteiger partial charge in [0.25, 0.3) is 0 Å². The predicted octanol–water partition coefficient (Wildman–Crippen LogP) is 6.03. The minimum atomic E-state index is -0.219. The molecule has 1 aromatic rings. The number of carbonyl (C=O) groups is 1. The summed E-state index contributed by atoms with van der Waals surface area (Å²) in [6.07, 6.45) is 9.84. The van der Waals surface area contributed by atoms with Gasteiger partial charge in [0.15, 0.2) is 0 Å². The lowest BCUT2D eigenvalue weighted by Crippen LogP contribution is -2.58. The van der Waals surface area contributed by atoms with E-state index in [1.165, 1.54) is 25.7 Å². The first-order chi connectivity index (χ1) is 16.2. The van der Waals surface area contributed by atoms with E-state index in [0.29, 0.717) is 41.9 Å². The van der Waals surface area contributed by atoms with Gasteiger partial charge < -0.3 is 15.5 Å². The summed E-state index contributed by atoms with van der Waals surface area (Å²) >= 11 is 0. The van der Waals surface area contributed by atoms with Crippen LogP contribution in [0.2, 0.25) is 0 Å². The van der Waals surface area contributed by atoms with Gasteiger partial charge in [-0.2, -0.15) is 0 Å². The topological polar surface area (TPSA) is 69.6 Å². The highest BCUT2D eigenvalue weighted by molar-refractivity contribution is 5.90. The molecule has 4 nitrogen and oxygen atoms in total. The average molecular weight is 468 g/mol. The molecule has 10 atom stereocenters. The second kappa shape index (κ2) is 9.24. The Bertz CT molecular complexity index is 873.